The Hall–Kier alpha value is 0.220. The molecule has 1 fully saturated rings. The van der Waals surface area contributed by atoms with Gasteiger partial charge in [0.1, 0.15) is 5.37 Å². The quantitative estimate of drug-likeness (QED) is 0.763. The standard InChI is InChI=1S/C12H26N2O2S2/c1-11(5-6-13)4-3-7-14-8-9-17-10-12(14)18(2,15)16/h11-12H,3-10,13H2,1-2H3. The van der Waals surface area contributed by atoms with Crippen LogP contribution in [-0.2, 0) is 9.84 Å². The summed E-state index contributed by atoms with van der Waals surface area (Å²) in [6.45, 7) is 4.75. The third-order valence-electron chi connectivity index (χ3n) is 3.49. The van der Waals surface area contributed by atoms with Crippen LogP contribution in [0.5, 0.6) is 0 Å². The molecule has 1 rings (SSSR count). The van der Waals surface area contributed by atoms with Crippen molar-refractivity contribution in [2.75, 3.05) is 37.4 Å². The topological polar surface area (TPSA) is 63.4 Å². The molecule has 108 valence electrons. The first kappa shape index (κ1) is 16.3. The predicted molar refractivity (Wildman–Crippen MR) is 79.6 cm³/mol. The van der Waals surface area contributed by atoms with E-state index in [2.05, 4.69) is 11.8 Å². The van der Waals surface area contributed by atoms with Crippen molar-refractivity contribution in [3.8, 4) is 0 Å². The Kier molecular flexibility index (Phi) is 6.98. The highest BCUT2D eigenvalue weighted by Crippen LogP contribution is 2.21. The number of nitrogens with zero attached hydrogens (tertiary/aromatic N) is 1. The van der Waals surface area contributed by atoms with Crippen LogP contribution in [0.3, 0.4) is 0 Å². The van der Waals surface area contributed by atoms with E-state index in [9.17, 15) is 8.42 Å². The van der Waals surface area contributed by atoms with Crippen LogP contribution in [0.2, 0.25) is 0 Å². The highest BCUT2D eigenvalue weighted by Gasteiger charge is 2.30. The molecule has 2 unspecified atom stereocenters. The molecule has 0 aromatic rings. The Morgan fingerprint density at radius 1 is 1.44 bits per heavy atom. The van der Waals surface area contributed by atoms with Crippen LogP contribution < -0.4 is 5.73 Å². The Bertz CT molecular complexity index is 333. The molecule has 1 aliphatic rings. The van der Waals surface area contributed by atoms with Gasteiger partial charge in [-0.05, 0) is 38.3 Å². The molecular weight excluding hydrogens is 268 g/mol. The second kappa shape index (κ2) is 7.72. The van der Waals surface area contributed by atoms with Crippen LogP contribution in [0.15, 0.2) is 0 Å². The first-order chi connectivity index (χ1) is 8.45. The van der Waals surface area contributed by atoms with Crippen LogP contribution in [0.4, 0.5) is 0 Å². The molecule has 0 aromatic carbocycles. The normalized spacial score (nSPS) is 24.1. The zero-order valence-electron chi connectivity index (χ0n) is 11.5. The maximum Gasteiger partial charge on any atom is 0.164 e. The summed E-state index contributed by atoms with van der Waals surface area (Å²) >= 11 is 1.74. The van der Waals surface area contributed by atoms with Gasteiger partial charge in [0.25, 0.3) is 0 Å². The molecule has 0 spiro atoms. The van der Waals surface area contributed by atoms with Gasteiger partial charge in [-0.1, -0.05) is 6.92 Å². The number of hydrogen-bond acceptors (Lipinski definition) is 5. The van der Waals surface area contributed by atoms with Crippen molar-refractivity contribution < 1.29 is 8.42 Å². The van der Waals surface area contributed by atoms with Crippen LogP contribution >= 0.6 is 11.8 Å². The van der Waals surface area contributed by atoms with Crippen LogP contribution in [0.1, 0.15) is 26.2 Å². The maximum absolute atomic E-state index is 11.7. The summed E-state index contributed by atoms with van der Waals surface area (Å²) in [5, 5.41) is -0.277. The average Bonchev–Trinajstić information content (AvgIpc) is 2.28. The first-order valence-corrected chi connectivity index (χ1v) is 9.76. The Balaban J connectivity index is 2.39. The molecule has 4 nitrogen and oxygen atoms in total. The molecule has 1 heterocycles. The molecule has 0 aliphatic carbocycles. The maximum atomic E-state index is 11.7. The Morgan fingerprint density at radius 2 is 2.17 bits per heavy atom. The molecule has 1 aliphatic heterocycles. The molecule has 0 aromatic heterocycles. The van der Waals surface area contributed by atoms with Gasteiger partial charge in [0.2, 0.25) is 0 Å². The third kappa shape index (κ3) is 5.47. The zero-order chi connectivity index (χ0) is 13.6. The lowest BCUT2D eigenvalue weighted by Gasteiger charge is -2.34. The molecule has 0 saturated carbocycles. The molecule has 0 bridgehead atoms. The van der Waals surface area contributed by atoms with Crippen molar-refractivity contribution in [1.82, 2.24) is 4.90 Å². The van der Waals surface area contributed by atoms with E-state index in [0.29, 0.717) is 5.92 Å². The van der Waals surface area contributed by atoms with Crippen LogP contribution in [0.25, 0.3) is 0 Å². The van der Waals surface area contributed by atoms with E-state index in [1.807, 2.05) is 0 Å². The van der Waals surface area contributed by atoms with Gasteiger partial charge in [-0.25, -0.2) is 8.42 Å². The first-order valence-electron chi connectivity index (χ1n) is 6.66. The molecule has 18 heavy (non-hydrogen) atoms. The minimum absolute atomic E-state index is 0.277. The lowest BCUT2D eigenvalue weighted by atomic mass is 10.0. The lowest BCUT2D eigenvalue weighted by molar-refractivity contribution is 0.258. The monoisotopic (exact) mass is 294 g/mol. The average molecular weight is 294 g/mol. The van der Waals surface area contributed by atoms with Gasteiger partial charge in [-0.2, -0.15) is 11.8 Å². The third-order valence-corrected chi connectivity index (χ3v) is 6.17. The van der Waals surface area contributed by atoms with Crippen molar-refractivity contribution in [2.45, 2.75) is 31.6 Å². The highest BCUT2D eigenvalue weighted by atomic mass is 32.2. The molecule has 0 amide bonds. The predicted octanol–water partition coefficient (Wildman–Crippen LogP) is 1.17. The molecule has 2 N–H and O–H groups in total. The minimum Gasteiger partial charge on any atom is -0.330 e. The van der Waals surface area contributed by atoms with Crippen molar-refractivity contribution in [2.24, 2.45) is 11.7 Å². The lowest BCUT2D eigenvalue weighted by Crippen LogP contribution is -2.47. The van der Waals surface area contributed by atoms with Crippen molar-refractivity contribution in [1.29, 1.82) is 0 Å². The van der Waals surface area contributed by atoms with Gasteiger partial charge in [0.05, 0.1) is 0 Å². The van der Waals surface area contributed by atoms with Crippen molar-refractivity contribution in [3.05, 3.63) is 0 Å². The second-order valence-corrected chi connectivity index (χ2v) is 8.57. The van der Waals surface area contributed by atoms with E-state index in [4.69, 9.17) is 5.73 Å². The van der Waals surface area contributed by atoms with Gasteiger partial charge in [-0.15, -0.1) is 0 Å². The van der Waals surface area contributed by atoms with Gasteiger partial charge in [0.15, 0.2) is 9.84 Å². The number of thioether (sulfide) groups is 1. The summed E-state index contributed by atoms with van der Waals surface area (Å²) in [5.41, 5.74) is 5.53. The second-order valence-electron chi connectivity index (χ2n) is 5.22. The zero-order valence-corrected chi connectivity index (χ0v) is 13.1. The molecular formula is C12H26N2O2S2. The van der Waals surface area contributed by atoms with Gasteiger partial charge >= 0.3 is 0 Å². The number of nitrogens with two attached hydrogens (primary N) is 1. The minimum atomic E-state index is -2.95. The fraction of sp³-hybridized carbons (Fsp3) is 1.00. The summed E-state index contributed by atoms with van der Waals surface area (Å²) < 4.78 is 23.4. The van der Waals surface area contributed by atoms with Crippen LogP contribution in [-0.4, -0.2) is 56.1 Å². The van der Waals surface area contributed by atoms with E-state index in [0.717, 1.165) is 50.4 Å². The molecule has 0 radical (unpaired) electrons. The number of hydrogen-bond donors (Lipinski definition) is 1. The highest BCUT2D eigenvalue weighted by molar-refractivity contribution is 8.00. The van der Waals surface area contributed by atoms with E-state index < -0.39 is 9.84 Å². The fourth-order valence-electron chi connectivity index (χ4n) is 2.34. The smallest absolute Gasteiger partial charge is 0.164 e. The molecule has 6 heteroatoms. The van der Waals surface area contributed by atoms with E-state index in [1.165, 1.54) is 6.26 Å². The summed E-state index contributed by atoms with van der Waals surface area (Å²) in [6, 6.07) is 0. The van der Waals surface area contributed by atoms with Crippen LogP contribution in [0, 0.1) is 5.92 Å². The largest absolute Gasteiger partial charge is 0.330 e. The van der Waals surface area contributed by atoms with E-state index in [-0.39, 0.29) is 5.37 Å². The summed E-state index contributed by atoms with van der Waals surface area (Å²) in [6.07, 6.45) is 4.62. The van der Waals surface area contributed by atoms with Gasteiger partial charge < -0.3 is 5.73 Å². The SMILES string of the molecule is CC(CCN)CCCN1CCSCC1S(C)(=O)=O. The Morgan fingerprint density at radius 3 is 2.78 bits per heavy atom. The van der Waals surface area contributed by atoms with Gasteiger partial charge in [-0.3, -0.25) is 4.90 Å². The van der Waals surface area contributed by atoms with E-state index >= 15 is 0 Å². The fourth-order valence-corrected chi connectivity index (χ4v) is 5.31. The molecule has 1 saturated heterocycles. The van der Waals surface area contributed by atoms with Crippen molar-refractivity contribution >= 4 is 21.6 Å². The number of rotatable bonds is 7. The van der Waals surface area contributed by atoms with E-state index in [1.54, 1.807) is 11.8 Å². The number of sulfone groups is 1. The summed E-state index contributed by atoms with van der Waals surface area (Å²) in [4.78, 5) is 2.14. The molecule has 2 atom stereocenters. The summed E-state index contributed by atoms with van der Waals surface area (Å²) in [7, 11) is -2.95. The Labute approximate surface area is 116 Å². The summed E-state index contributed by atoms with van der Waals surface area (Å²) in [5.74, 6) is 2.41. The van der Waals surface area contributed by atoms with Gasteiger partial charge in [0, 0.05) is 24.3 Å². The van der Waals surface area contributed by atoms with Crippen molar-refractivity contribution in [3.63, 3.8) is 0 Å².